The quantitative estimate of drug-likeness (QED) is 0.855. The molecule has 4 nitrogen and oxygen atoms in total. The molecule has 0 bridgehead atoms. The van der Waals surface area contributed by atoms with E-state index in [1.807, 2.05) is 25.1 Å². The molecule has 0 aliphatic rings. The largest absolute Gasteiger partial charge is 0.379 e. The van der Waals surface area contributed by atoms with Crippen molar-refractivity contribution in [3.63, 3.8) is 0 Å². The van der Waals surface area contributed by atoms with Crippen LogP contribution in [0.3, 0.4) is 0 Å². The van der Waals surface area contributed by atoms with Crippen LogP contribution < -0.4 is 0 Å². The maximum atomic E-state index is 10.6. The third-order valence-electron chi connectivity index (χ3n) is 3.28. The number of nitrogens with zero attached hydrogens (tertiary/aromatic N) is 3. The third-order valence-corrected chi connectivity index (χ3v) is 3.28. The summed E-state index contributed by atoms with van der Waals surface area (Å²) < 4.78 is 1.59. The number of aromatic nitrogens is 3. The Morgan fingerprint density at radius 1 is 1.24 bits per heavy atom. The first-order valence-corrected chi connectivity index (χ1v) is 5.58. The van der Waals surface area contributed by atoms with Crippen molar-refractivity contribution in [1.82, 2.24) is 15.0 Å². The minimum atomic E-state index is -1.07. The van der Waals surface area contributed by atoms with E-state index in [4.69, 9.17) is 0 Å². The van der Waals surface area contributed by atoms with Crippen LogP contribution >= 0.6 is 0 Å². The molecule has 1 heterocycles. The first-order chi connectivity index (χ1) is 7.93. The summed E-state index contributed by atoms with van der Waals surface area (Å²) in [6.45, 7) is 5.85. The van der Waals surface area contributed by atoms with Crippen molar-refractivity contribution < 1.29 is 5.11 Å². The molecule has 0 amide bonds. The second-order valence-corrected chi connectivity index (χ2v) is 4.61. The zero-order valence-corrected chi connectivity index (χ0v) is 10.6. The number of hydrogen-bond donors (Lipinski definition) is 1. The van der Waals surface area contributed by atoms with E-state index in [0.717, 1.165) is 11.1 Å². The molecule has 1 N–H and O–H groups in total. The Morgan fingerprint density at radius 2 is 1.94 bits per heavy atom. The van der Waals surface area contributed by atoms with Crippen LogP contribution in [0, 0.1) is 13.8 Å². The molecule has 4 heteroatoms. The Hall–Kier alpha value is -1.68. The molecule has 2 aromatic rings. The van der Waals surface area contributed by atoms with Crippen LogP contribution in [-0.4, -0.2) is 20.1 Å². The summed E-state index contributed by atoms with van der Waals surface area (Å²) >= 11 is 0. The van der Waals surface area contributed by atoms with Gasteiger partial charge in [0, 0.05) is 7.05 Å². The van der Waals surface area contributed by atoms with Gasteiger partial charge in [-0.1, -0.05) is 23.4 Å². The van der Waals surface area contributed by atoms with Gasteiger partial charge in [0.25, 0.3) is 0 Å². The van der Waals surface area contributed by atoms with E-state index >= 15 is 0 Å². The summed E-state index contributed by atoms with van der Waals surface area (Å²) in [6.07, 6.45) is 1.59. The predicted molar refractivity (Wildman–Crippen MR) is 65.6 cm³/mol. The van der Waals surface area contributed by atoms with Crippen molar-refractivity contribution in [1.29, 1.82) is 0 Å². The molecule has 90 valence electrons. The SMILES string of the molecule is Cc1ccc(C(C)(O)c2cnnn2C)cc1C. The van der Waals surface area contributed by atoms with Gasteiger partial charge in [-0.2, -0.15) is 0 Å². The first-order valence-electron chi connectivity index (χ1n) is 5.58. The highest BCUT2D eigenvalue weighted by Gasteiger charge is 2.29. The van der Waals surface area contributed by atoms with Gasteiger partial charge in [0.05, 0.1) is 11.9 Å². The maximum absolute atomic E-state index is 10.6. The van der Waals surface area contributed by atoms with Gasteiger partial charge < -0.3 is 5.11 Å². The molecular formula is C13H17N3O. The van der Waals surface area contributed by atoms with E-state index < -0.39 is 5.60 Å². The second-order valence-electron chi connectivity index (χ2n) is 4.61. The molecule has 0 aliphatic carbocycles. The molecule has 1 aromatic carbocycles. The summed E-state index contributed by atoms with van der Waals surface area (Å²) in [7, 11) is 1.78. The van der Waals surface area contributed by atoms with Crippen molar-refractivity contribution >= 4 is 0 Å². The summed E-state index contributed by atoms with van der Waals surface area (Å²) in [5, 5.41) is 18.3. The number of aryl methyl sites for hydroxylation is 3. The number of hydrogen-bond acceptors (Lipinski definition) is 3. The Labute approximate surface area is 101 Å². The van der Waals surface area contributed by atoms with Crippen LogP contribution in [0.1, 0.15) is 29.3 Å². The fraction of sp³-hybridized carbons (Fsp3) is 0.385. The van der Waals surface area contributed by atoms with Crippen molar-refractivity contribution in [2.75, 3.05) is 0 Å². The minimum absolute atomic E-state index is 0.681. The normalized spacial score (nSPS) is 14.6. The summed E-state index contributed by atoms with van der Waals surface area (Å²) in [5.41, 5.74) is 2.84. The van der Waals surface area contributed by atoms with Gasteiger partial charge in [-0.25, -0.2) is 4.68 Å². The average molecular weight is 231 g/mol. The average Bonchev–Trinajstić information content (AvgIpc) is 2.69. The van der Waals surface area contributed by atoms with E-state index in [1.165, 1.54) is 5.56 Å². The van der Waals surface area contributed by atoms with E-state index in [-0.39, 0.29) is 0 Å². The van der Waals surface area contributed by atoms with E-state index in [2.05, 4.69) is 17.2 Å². The fourth-order valence-corrected chi connectivity index (χ4v) is 1.92. The van der Waals surface area contributed by atoms with Gasteiger partial charge in [0.2, 0.25) is 0 Å². The van der Waals surface area contributed by atoms with Crippen molar-refractivity contribution in [3.05, 3.63) is 46.8 Å². The Morgan fingerprint density at radius 3 is 2.47 bits per heavy atom. The summed E-state index contributed by atoms with van der Waals surface area (Å²) in [4.78, 5) is 0. The van der Waals surface area contributed by atoms with Crippen molar-refractivity contribution in [2.24, 2.45) is 7.05 Å². The van der Waals surface area contributed by atoms with Crippen LogP contribution in [0.15, 0.2) is 24.4 Å². The van der Waals surface area contributed by atoms with Crippen molar-refractivity contribution in [2.45, 2.75) is 26.4 Å². The van der Waals surface area contributed by atoms with E-state index in [0.29, 0.717) is 5.69 Å². The van der Waals surface area contributed by atoms with Gasteiger partial charge in [-0.3, -0.25) is 0 Å². The monoisotopic (exact) mass is 231 g/mol. The standard InChI is InChI=1S/C13H17N3O/c1-9-5-6-11(7-10(9)2)13(3,17)12-8-14-15-16(12)4/h5-8,17H,1-4H3. The van der Waals surface area contributed by atoms with Gasteiger partial charge in [-0.15, -0.1) is 5.10 Å². The molecular weight excluding hydrogens is 214 g/mol. The first kappa shape index (κ1) is 11.8. The molecule has 0 fully saturated rings. The van der Waals surface area contributed by atoms with Gasteiger partial charge >= 0.3 is 0 Å². The molecule has 0 spiro atoms. The maximum Gasteiger partial charge on any atom is 0.130 e. The lowest BCUT2D eigenvalue weighted by atomic mass is 9.90. The zero-order valence-electron chi connectivity index (χ0n) is 10.6. The number of rotatable bonds is 2. The highest BCUT2D eigenvalue weighted by molar-refractivity contribution is 5.36. The van der Waals surface area contributed by atoms with Gasteiger partial charge in [0.15, 0.2) is 0 Å². The molecule has 0 saturated carbocycles. The summed E-state index contributed by atoms with van der Waals surface area (Å²) in [5.74, 6) is 0. The van der Waals surface area contributed by atoms with Crippen LogP contribution in [0.2, 0.25) is 0 Å². The van der Waals surface area contributed by atoms with Gasteiger partial charge in [0.1, 0.15) is 5.60 Å². The fourth-order valence-electron chi connectivity index (χ4n) is 1.92. The molecule has 1 atom stereocenters. The smallest absolute Gasteiger partial charge is 0.130 e. The van der Waals surface area contributed by atoms with Crippen molar-refractivity contribution in [3.8, 4) is 0 Å². The molecule has 0 saturated heterocycles. The molecule has 0 radical (unpaired) electrons. The minimum Gasteiger partial charge on any atom is -0.379 e. The van der Waals surface area contributed by atoms with Crippen LogP contribution in [-0.2, 0) is 12.6 Å². The predicted octanol–water partition coefficient (Wildman–Crippen LogP) is 1.69. The number of aliphatic hydroxyl groups is 1. The van der Waals surface area contributed by atoms with E-state index in [9.17, 15) is 5.11 Å². The van der Waals surface area contributed by atoms with E-state index in [1.54, 1.807) is 24.9 Å². The Kier molecular flexibility index (Phi) is 2.75. The second kappa shape index (κ2) is 3.96. The highest BCUT2D eigenvalue weighted by Crippen LogP contribution is 2.29. The summed E-state index contributed by atoms with van der Waals surface area (Å²) in [6, 6.07) is 5.96. The molecule has 1 unspecified atom stereocenters. The lowest BCUT2D eigenvalue weighted by Gasteiger charge is -2.24. The lowest BCUT2D eigenvalue weighted by Crippen LogP contribution is -2.26. The van der Waals surface area contributed by atoms with Crippen LogP contribution in [0.5, 0.6) is 0 Å². The lowest BCUT2D eigenvalue weighted by molar-refractivity contribution is 0.0928. The topological polar surface area (TPSA) is 50.9 Å². The third kappa shape index (κ3) is 1.96. The van der Waals surface area contributed by atoms with Crippen LogP contribution in [0.25, 0.3) is 0 Å². The zero-order chi connectivity index (χ0) is 12.6. The Bertz CT molecular complexity index is 543. The molecule has 1 aromatic heterocycles. The number of benzene rings is 1. The molecule has 0 aliphatic heterocycles. The highest BCUT2D eigenvalue weighted by atomic mass is 16.3. The molecule has 2 rings (SSSR count). The molecule has 17 heavy (non-hydrogen) atoms. The van der Waals surface area contributed by atoms with Gasteiger partial charge in [-0.05, 0) is 37.5 Å². The Balaban J connectivity index is 2.51. The van der Waals surface area contributed by atoms with Crippen LogP contribution in [0.4, 0.5) is 0 Å².